The van der Waals surface area contributed by atoms with Crippen molar-refractivity contribution in [2.45, 2.75) is 58.1 Å². The lowest BCUT2D eigenvalue weighted by Crippen LogP contribution is -2.20. The Balaban J connectivity index is 1.78. The lowest BCUT2D eigenvalue weighted by atomic mass is 10.0. The van der Waals surface area contributed by atoms with Gasteiger partial charge in [0.1, 0.15) is 0 Å². The third kappa shape index (κ3) is 4.08. The zero-order chi connectivity index (χ0) is 12.8. The molecule has 0 amide bonds. The molecule has 0 saturated carbocycles. The Hall–Kier alpha value is -0.380. The van der Waals surface area contributed by atoms with Gasteiger partial charge in [0.05, 0.1) is 6.10 Å². The fourth-order valence-corrected chi connectivity index (χ4v) is 3.64. The molecule has 0 bridgehead atoms. The molecule has 1 aliphatic rings. The number of ether oxygens (including phenoxy) is 1. The van der Waals surface area contributed by atoms with Crippen molar-refractivity contribution in [3.8, 4) is 0 Å². The summed E-state index contributed by atoms with van der Waals surface area (Å²) in [4.78, 5) is 2.90. The van der Waals surface area contributed by atoms with E-state index in [2.05, 4.69) is 31.3 Å². The van der Waals surface area contributed by atoms with Gasteiger partial charge in [0.25, 0.3) is 0 Å². The van der Waals surface area contributed by atoms with Crippen LogP contribution in [0.3, 0.4) is 0 Å². The number of hydrogen-bond acceptors (Lipinski definition) is 3. The van der Waals surface area contributed by atoms with Gasteiger partial charge in [-0.15, -0.1) is 11.3 Å². The fourth-order valence-electron chi connectivity index (χ4n) is 2.65. The summed E-state index contributed by atoms with van der Waals surface area (Å²) in [6, 6.07) is 5.04. The number of hydrogen-bond donors (Lipinski definition) is 1. The van der Waals surface area contributed by atoms with Crippen LogP contribution in [-0.2, 0) is 4.74 Å². The van der Waals surface area contributed by atoms with Crippen molar-refractivity contribution in [1.82, 2.24) is 5.32 Å². The first-order valence-electron chi connectivity index (χ1n) is 7.21. The van der Waals surface area contributed by atoms with Crippen LogP contribution in [0.25, 0.3) is 0 Å². The van der Waals surface area contributed by atoms with Gasteiger partial charge in [-0.3, -0.25) is 0 Å². The van der Waals surface area contributed by atoms with Gasteiger partial charge in [0.15, 0.2) is 0 Å². The van der Waals surface area contributed by atoms with Gasteiger partial charge in [-0.05, 0) is 57.7 Å². The van der Waals surface area contributed by atoms with E-state index in [0.29, 0.717) is 12.1 Å². The first-order chi connectivity index (χ1) is 8.79. The topological polar surface area (TPSA) is 21.3 Å². The lowest BCUT2D eigenvalue weighted by Gasteiger charge is -2.17. The van der Waals surface area contributed by atoms with E-state index in [1.165, 1.54) is 41.9 Å². The molecule has 0 radical (unpaired) electrons. The Labute approximate surface area is 115 Å². The summed E-state index contributed by atoms with van der Waals surface area (Å²) in [6.45, 7) is 6.39. The molecule has 0 spiro atoms. The highest BCUT2D eigenvalue weighted by atomic mass is 32.1. The van der Waals surface area contributed by atoms with E-state index >= 15 is 0 Å². The molecule has 2 unspecified atom stereocenters. The monoisotopic (exact) mass is 267 g/mol. The molecule has 1 fully saturated rings. The standard InChI is InChI=1S/C15H25NOS/c1-3-16-14(15-10-9-12(2)18-15)8-4-6-13-7-5-11-17-13/h9-10,13-14,16H,3-8,11H2,1-2H3. The molecular formula is C15H25NOS. The minimum atomic E-state index is 0.537. The second kappa shape index (κ2) is 7.27. The highest BCUT2D eigenvalue weighted by Gasteiger charge is 2.17. The predicted octanol–water partition coefficient (Wildman–Crippen LogP) is 4.06. The molecule has 2 heterocycles. The molecule has 2 atom stereocenters. The van der Waals surface area contributed by atoms with Crippen LogP contribution in [0.5, 0.6) is 0 Å². The average Bonchev–Trinajstić information content (AvgIpc) is 2.99. The molecule has 3 heteroatoms. The van der Waals surface area contributed by atoms with Gasteiger partial charge in [0, 0.05) is 22.4 Å². The number of aryl methyl sites for hydroxylation is 1. The molecule has 2 rings (SSSR count). The molecule has 1 aromatic heterocycles. The van der Waals surface area contributed by atoms with Gasteiger partial charge < -0.3 is 10.1 Å². The van der Waals surface area contributed by atoms with E-state index in [-0.39, 0.29) is 0 Å². The summed E-state index contributed by atoms with van der Waals surface area (Å²) < 4.78 is 5.69. The number of rotatable bonds is 7. The quantitative estimate of drug-likeness (QED) is 0.804. The molecule has 18 heavy (non-hydrogen) atoms. The maximum Gasteiger partial charge on any atom is 0.0576 e. The van der Waals surface area contributed by atoms with Crippen LogP contribution >= 0.6 is 11.3 Å². The first-order valence-corrected chi connectivity index (χ1v) is 8.02. The second-order valence-electron chi connectivity index (χ2n) is 5.12. The van der Waals surface area contributed by atoms with Gasteiger partial charge in [-0.25, -0.2) is 0 Å². The Kier molecular flexibility index (Phi) is 5.67. The summed E-state index contributed by atoms with van der Waals surface area (Å²) in [5.74, 6) is 0. The Morgan fingerprint density at radius 3 is 3.00 bits per heavy atom. The smallest absolute Gasteiger partial charge is 0.0576 e. The van der Waals surface area contributed by atoms with Crippen LogP contribution in [0.2, 0.25) is 0 Å². The zero-order valence-electron chi connectivity index (χ0n) is 11.6. The molecule has 1 saturated heterocycles. The minimum Gasteiger partial charge on any atom is -0.378 e. The van der Waals surface area contributed by atoms with Gasteiger partial charge >= 0.3 is 0 Å². The highest BCUT2D eigenvalue weighted by Crippen LogP contribution is 2.27. The summed E-state index contributed by atoms with van der Waals surface area (Å²) >= 11 is 1.92. The molecule has 0 aromatic carbocycles. The summed E-state index contributed by atoms with van der Waals surface area (Å²) in [7, 11) is 0. The molecule has 2 nitrogen and oxygen atoms in total. The average molecular weight is 267 g/mol. The maximum absolute atomic E-state index is 5.69. The van der Waals surface area contributed by atoms with Crippen molar-refractivity contribution in [3.05, 3.63) is 21.9 Å². The maximum atomic E-state index is 5.69. The van der Waals surface area contributed by atoms with Crippen molar-refractivity contribution in [3.63, 3.8) is 0 Å². The van der Waals surface area contributed by atoms with Crippen molar-refractivity contribution in [2.75, 3.05) is 13.2 Å². The largest absolute Gasteiger partial charge is 0.378 e. The van der Waals surface area contributed by atoms with Crippen molar-refractivity contribution in [1.29, 1.82) is 0 Å². The third-order valence-corrected chi connectivity index (χ3v) is 4.71. The van der Waals surface area contributed by atoms with E-state index in [4.69, 9.17) is 4.74 Å². The number of nitrogens with one attached hydrogen (secondary N) is 1. The summed E-state index contributed by atoms with van der Waals surface area (Å²) in [6.07, 6.45) is 6.78. The SMILES string of the molecule is CCNC(CCCC1CCCO1)c1ccc(C)s1. The fraction of sp³-hybridized carbons (Fsp3) is 0.733. The van der Waals surface area contributed by atoms with Crippen LogP contribution in [0.1, 0.15) is 54.8 Å². The Bertz CT molecular complexity index is 344. The first kappa shape index (κ1) is 14.0. The summed E-state index contributed by atoms with van der Waals surface area (Å²) in [5, 5.41) is 3.61. The zero-order valence-corrected chi connectivity index (χ0v) is 12.4. The molecule has 1 N–H and O–H groups in total. The molecule has 102 valence electrons. The van der Waals surface area contributed by atoms with E-state index in [1.807, 2.05) is 11.3 Å². The van der Waals surface area contributed by atoms with Crippen molar-refractivity contribution >= 4 is 11.3 Å². The Morgan fingerprint density at radius 1 is 1.50 bits per heavy atom. The third-order valence-electron chi connectivity index (χ3n) is 3.60. The van der Waals surface area contributed by atoms with Crippen LogP contribution in [0.15, 0.2) is 12.1 Å². The van der Waals surface area contributed by atoms with E-state index < -0.39 is 0 Å². The highest BCUT2D eigenvalue weighted by molar-refractivity contribution is 7.12. The second-order valence-corrected chi connectivity index (χ2v) is 6.44. The normalized spacial score (nSPS) is 21.3. The molecule has 0 aliphatic carbocycles. The van der Waals surface area contributed by atoms with Crippen molar-refractivity contribution in [2.24, 2.45) is 0 Å². The molecule has 1 aliphatic heterocycles. The van der Waals surface area contributed by atoms with E-state index in [1.54, 1.807) is 0 Å². The van der Waals surface area contributed by atoms with Crippen LogP contribution in [-0.4, -0.2) is 19.3 Å². The van der Waals surface area contributed by atoms with Gasteiger partial charge in [0.2, 0.25) is 0 Å². The van der Waals surface area contributed by atoms with Crippen LogP contribution in [0.4, 0.5) is 0 Å². The molecule has 1 aromatic rings. The number of thiophene rings is 1. The summed E-state index contributed by atoms with van der Waals surface area (Å²) in [5.41, 5.74) is 0. The van der Waals surface area contributed by atoms with Gasteiger partial charge in [-0.1, -0.05) is 6.92 Å². The van der Waals surface area contributed by atoms with Crippen molar-refractivity contribution < 1.29 is 4.74 Å². The lowest BCUT2D eigenvalue weighted by molar-refractivity contribution is 0.101. The van der Waals surface area contributed by atoms with Crippen LogP contribution < -0.4 is 5.32 Å². The molecular weight excluding hydrogens is 242 g/mol. The predicted molar refractivity (Wildman–Crippen MR) is 78.3 cm³/mol. The van der Waals surface area contributed by atoms with E-state index in [0.717, 1.165) is 13.2 Å². The van der Waals surface area contributed by atoms with Crippen LogP contribution in [0, 0.1) is 6.92 Å². The Morgan fingerprint density at radius 2 is 2.39 bits per heavy atom. The van der Waals surface area contributed by atoms with E-state index in [9.17, 15) is 0 Å². The minimum absolute atomic E-state index is 0.537. The van der Waals surface area contributed by atoms with Gasteiger partial charge in [-0.2, -0.15) is 0 Å².